The third-order valence-electron chi connectivity index (χ3n) is 3.83. The number of ether oxygens (including phenoxy) is 1. The van der Waals surface area contributed by atoms with Crippen molar-refractivity contribution < 1.29 is 17.9 Å². The minimum Gasteiger partial charge on any atom is -0.497 e. The Bertz CT molecular complexity index is 637. The smallest absolute Gasteiger partial charge is 0.243 e. The van der Waals surface area contributed by atoms with E-state index >= 15 is 0 Å². The third-order valence-corrected chi connectivity index (χ3v) is 5.75. The number of nitrogens with one attached hydrogen (secondary N) is 1. The molecule has 1 N–H and O–H groups in total. The number of sulfonamides is 1. The number of methoxy groups -OCH3 is 1. The van der Waals surface area contributed by atoms with Gasteiger partial charge in [-0.2, -0.15) is 4.31 Å². The van der Waals surface area contributed by atoms with Gasteiger partial charge in [0.1, 0.15) is 5.75 Å². The summed E-state index contributed by atoms with van der Waals surface area (Å²) in [6, 6.07) is 6.35. The molecule has 0 saturated carbocycles. The van der Waals surface area contributed by atoms with E-state index in [1.807, 2.05) is 0 Å². The van der Waals surface area contributed by atoms with Crippen LogP contribution in [0.4, 0.5) is 0 Å². The van der Waals surface area contributed by atoms with E-state index in [9.17, 15) is 13.2 Å². The van der Waals surface area contributed by atoms with E-state index in [0.29, 0.717) is 38.3 Å². The lowest BCUT2D eigenvalue weighted by molar-refractivity contribution is -0.129. The van der Waals surface area contributed by atoms with E-state index in [-0.39, 0.29) is 29.8 Å². The van der Waals surface area contributed by atoms with Gasteiger partial charge >= 0.3 is 0 Å². The van der Waals surface area contributed by atoms with Gasteiger partial charge in [-0.25, -0.2) is 8.42 Å². The number of amides is 1. The van der Waals surface area contributed by atoms with Gasteiger partial charge in [-0.05, 0) is 37.7 Å². The summed E-state index contributed by atoms with van der Waals surface area (Å²) in [4.78, 5) is 13.9. The molecule has 0 unspecified atom stereocenters. The van der Waals surface area contributed by atoms with Crippen LogP contribution < -0.4 is 10.1 Å². The van der Waals surface area contributed by atoms with Gasteiger partial charge in [0.25, 0.3) is 0 Å². The first kappa shape index (κ1) is 20.7. The number of nitrogens with zero attached hydrogens (tertiary/aromatic N) is 2. The van der Waals surface area contributed by atoms with Crippen LogP contribution in [-0.4, -0.2) is 70.4 Å². The molecule has 1 aromatic carbocycles. The van der Waals surface area contributed by atoms with Crippen molar-refractivity contribution in [1.29, 1.82) is 0 Å². The predicted octanol–water partition coefficient (Wildman–Crippen LogP) is 0.559. The lowest BCUT2D eigenvalue weighted by Gasteiger charge is -2.22. The molecule has 1 aliphatic rings. The minimum absolute atomic E-state index is 0. The zero-order valence-corrected chi connectivity index (χ0v) is 15.5. The average molecular weight is 378 g/mol. The molecular formula is C15H24ClN3O4S. The highest BCUT2D eigenvalue weighted by molar-refractivity contribution is 7.89. The number of rotatable bonds is 5. The summed E-state index contributed by atoms with van der Waals surface area (Å²) in [5.74, 6) is 0.611. The SMILES string of the molecule is CNCC(=O)N1CCCN(S(=O)(=O)c2ccc(OC)cc2)CC1.Cl. The number of carbonyl (C=O) groups excluding carboxylic acids is 1. The lowest BCUT2D eigenvalue weighted by Crippen LogP contribution is -2.40. The zero-order chi connectivity index (χ0) is 16.9. The second-order valence-electron chi connectivity index (χ2n) is 5.34. The van der Waals surface area contributed by atoms with Crippen molar-refractivity contribution in [2.75, 3.05) is 46.9 Å². The van der Waals surface area contributed by atoms with Crippen molar-refractivity contribution in [1.82, 2.24) is 14.5 Å². The molecule has 0 aromatic heterocycles. The zero-order valence-electron chi connectivity index (χ0n) is 13.9. The normalized spacial score (nSPS) is 16.2. The van der Waals surface area contributed by atoms with Gasteiger partial charge in [0.2, 0.25) is 15.9 Å². The van der Waals surface area contributed by atoms with E-state index in [2.05, 4.69) is 5.32 Å². The summed E-state index contributed by atoms with van der Waals surface area (Å²) in [6.45, 7) is 1.98. The number of hydrogen-bond acceptors (Lipinski definition) is 5. The van der Waals surface area contributed by atoms with Gasteiger partial charge in [0.05, 0.1) is 18.6 Å². The molecular weight excluding hydrogens is 354 g/mol. The van der Waals surface area contributed by atoms with Crippen LogP contribution in [0.25, 0.3) is 0 Å². The van der Waals surface area contributed by atoms with Crippen LogP contribution in [0.15, 0.2) is 29.2 Å². The molecule has 24 heavy (non-hydrogen) atoms. The van der Waals surface area contributed by atoms with Crippen LogP contribution in [0, 0.1) is 0 Å². The van der Waals surface area contributed by atoms with E-state index in [4.69, 9.17) is 4.74 Å². The standard InChI is InChI=1S/C15H23N3O4S.ClH/c1-16-12-15(19)17-8-3-9-18(11-10-17)23(20,21)14-6-4-13(22-2)5-7-14;/h4-7,16H,3,8-12H2,1-2H3;1H. The molecule has 9 heteroatoms. The maximum absolute atomic E-state index is 12.7. The number of benzene rings is 1. The molecule has 0 atom stereocenters. The highest BCUT2D eigenvalue weighted by Crippen LogP contribution is 2.20. The number of halogens is 1. The molecule has 7 nitrogen and oxygen atoms in total. The number of hydrogen-bond donors (Lipinski definition) is 1. The van der Waals surface area contributed by atoms with Crippen LogP contribution in [0.5, 0.6) is 5.75 Å². The number of carbonyl (C=O) groups is 1. The van der Waals surface area contributed by atoms with E-state index in [1.54, 1.807) is 36.2 Å². The minimum atomic E-state index is -3.55. The second-order valence-corrected chi connectivity index (χ2v) is 7.28. The van der Waals surface area contributed by atoms with Crippen LogP contribution in [0.2, 0.25) is 0 Å². The Kier molecular flexibility index (Phi) is 7.95. The molecule has 1 fully saturated rings. The summed E-state index contributed by atoms with van der Waals surface area (Å²) in [6.07, 6.45) is 0.630. The second kappa shape index (κ2) is 9.22. The van der Waals surface area contributed by atoms with Gasteiger partial charge in [0, 0.05) is 26.2 Å². The van der Waals surface area contributed by atoms with E-state index in [0.717, 1.165) is 0 Å². The monoisotopic (exact) mass is 377 g/mol. The molecule has 136 valence electrons. The van der Waals surface area contributed by atoms with Crippen molar-refractivity contribution in [3.05, 3.63) is 24.3 Å². The molecule has 1 saturated heterocycles. The molecule has 0 radical (unpaired) electrons. The molecule has 1 aromatic rings. The fourth-order valence-electron chi connectivity index (χ4n) is 2.54. The summed E-state index contributed by atoms with van der Waals surface area (Å²) < 4.78 is 31.9. The largest absolute Gasteiger partial charge is 0.497 e. The Morgan fingerprint density at radius 3 is 2.42 bits per heavy atom. The van der Waals surface area contributed by atoms with Crippen molar-refractivity contribution in [3.63, 3.8) is 0 Å². The quantitative estimate of drug-likeness (QED) is 0.811. The molecule has 1 aliphatic heterocycles. The summed E-state index contributed by atoms with van der Waals surface area (Å²) in [5.41, 5.74) is 0. The highest BCUT2D eigenvalue weighted by atomic mass is 35.5. The number of likely N-dealkylation sites (N-methyl/N-ethyl adjacent to an activating group) is 1. The van der Waals surface area contributed by atoms with Gasteiger partial charge < -0.3 is 15.0 Å². The lowest BCUT2D eigenvalue weighted by atomic mass is 10.3. The Morgan fingerprint density at radius 1 is 1.17 bits per heavy atom. The first-order chi connectivity index (χ1) is 11.0. The van der Waals surface area contributed by atoms with Crippen LogP contribution in [-0.2, 0) is 14.8 Å². The van der Waals surface area contributed by atoms with Crippen LogP contribution in [0.3, 0.4) is 0 Å². The van der Waals surface area contributed by atoms with Crippen LogP contribution in [0.1, 0.15) is 6.42 Å². The van der Waals surface area contributed by atoms with Crippen molar-refractivity contribution in [2.45, 2.75) is 11.3 Å². The van der Waals surface area contributed by atoms with Crippen molar-refractivity contribution in [2.24, 2.45) is 0 Å². The molecule has 1 heterocycles. The first-order valence-electron chi connectivity index (χ1n) is 7.55. The summed E-state index contributed by atoms with van der Waals surface area (Å²) in [5, 5.41) is 2.83. The Labute approximate surface area is 149 Å². The van der Waals surface area contributed by atoms with Gasteiger partial charge in [-0.1, -0.05) is 0 Å². The fourth-order valence-corrected chi connectivity index (χ4v) is 4.01. The molecule has 0 aliphatic carbocycles. The van der Waals surface area contributed by atoms with Gasteiger partial charge in [-0.3, -0.25) is 4.79 Å². The summed E-state index contributed by atoms with van der Waals surface area (Å²) in [7, 11) is -0.292. The Morgan fingerprint density at radius 2 is 1.83 bits per heavy atom. The maximum atomic E-state index is 12.7. The van der Waals surface area contributed by atoms with E-state index in [1.165, 1.54) is 11.4 Å². The summed E-state index contributed by atoms with van der Waals surface area (Å²) >= 11 is 0. The molecule has 0 spiro atoms. The highest BCUT2D eigenvalue weighted by Gasteiger charge is 2.28. The Hall–Kier alpha value is -1.35. The maximum Gasteiger partial charge on any atom is 0.243 e. The van der Waals surface area contributed by atoms with Gasteiger partial charge in [0.15, 0.2) is 0 Å². The molecule has 2 rings (SSSR count). The average Bonchev–Trinajstić information content (AvgIpc) is 2.82. The van der Waals surface area contributed by atoms with E-state index < -0.39 is 10.0 Å². The first-order valence-corrected chi connectivity index (χ1v) is 8.99. The van der Waals surface area contributed by atoms with Gasteiger partial charge in [-0.15, -0.1) is 12.4 Å². The van der Waals surface area contributed by atoms with Crippen molar-refractivity contribution >= 4 is 28.3 Å². The topological polar surface area (TPSA) is 79.0 Å². The van der Waals surface area contributed by atoms with Crippen molar-refractivity contribution in [3.8, 4) is 5.75 Å². The Balaban J connectivity index is 0.00000288. The molecule has 0 bridgehead atoms. The predicted molar refractivity (Wildman–Crippen MR) is 94.1 cm³/mol. The fraction of sp³-hybridized carbons (Fsp3) is 0.533. The third kappa shape index (κ3) is 4.83. The van der Waals surface area contributed by atoms with Crippen LogP contribution >= 0.6 is 12.4 Å². The molecule has 1 amide bonds.